The third-order valence-electron chi connectivity index (χ3n) is 9.08. The standard InChI is InChI=1S/C28H47N5O2/c1-7-20-13-22(28(20,5)6)19(4)15-30-27(35)23-9-8-10-25-31-21(17-33(23)25)14-26(34)32-12-11-29-16-24(32)18(2)3/h8-10,17-20,22,24,26-27,29-30,34-35H,7,11-16H2,1-6H3/t19-,20+,22+,24+,26?,27?/m0/s1. The van der Waals surface area contributed by atoms with E-state index < -0.39 is 12.5 Å². The Kier molecular flexibility index (Phi) is 8.23. The first kappa shape index (κ1) is 26.6. The van der Waals surface area contributed by atoms with Gasteiger partial charge in [0, 0.05) is 44.8 Å². The van der Waals surface area contributed by atoms with E-state index in [0.29, 0.717) is 35.6 Å². The van der Waals surface area contributed by atoms with Crippen LogP contribution in [0.25, 0.3) is 5.65 Å². The molecule has 0 bridgehead atoms. The average Bonchev–Trinajstić information content (AvgIpc) is 3.24. The Balaban J connectivity index is 1.41. The van der Waals surface area contributed by atoms with Crippen LogP contribution in [-0.4, -0.2) is 62.9 Å². The number of hydrogen-bond acceptors (Lipinski definition) is 6. The van der Waals surface area contributed by atoms with Crippen molar-refractivity contribution in [2.24, 2.45) is 29.1 Å². The fraction of sp³-hybridized carbons (Fsp3) is 0.750. The van der Waals surface area contributed by atoms with Crippen molar-refractivity contribution in [2.75, 3.05) is 26.2 Å². The average molecular weight is 486 g/mol. The maximum Gasteiger partial charge on any atom is 0.146 e. The summed E-state index contributed by atoms with van der Waals surface area (Å²) in [6.07, 6.45) is 3.64. The number of hydrogen-bond donors (Lipinski definition) is 4. The second-order valence-electron chi connectivity index (χ2n) is 11.9. The molecule has 4 rings (SSSR count). The molecule has 35 heavy (non-hydrogen) atoms. The number of rotatable bonds is 10. The van der Waals surface area contributed by atoms with Gasteiger partial charge in [0.15, 0.2) is 0 Å². The molecule has 1 aliphatic carbocycles. The molecule has 2 aliphatic rings. The van der Waals surface area contributed by atoms with E-state index in [1.54, 1.807) is 0 Å². The van der Waals surface area contributed by atoms with Gasteiger partial charge in [-0.05, 0) is 47.6 Å². The highest BCUT2D eigenvalue weighted by molar-refractivity contribution is 5.42. The molecule has 2 aromatic heterocycles. The zero-order valence-corrected chi connectivity index (χ0v) is 22.5. The minimum Gasteiger partial charge on any atom is -0.378 e. The van der Waals surface area contributed by atoms with Crippen LogP contribution in [0.2, 0.25) is 0 Å². The first-order valence-corrected chi connectivity index (χ1v) is 13.7. The molecule has 4 N–H and O–H groups in total. The van der Waals surface area contributed by atoms with Crippen LogP contribution < -0.4 is 10.6 Å². The second kappa shape index (κ2) is 10.9. The highest BCUT2D eigenvalue weighted by Crippen LogP contribution is 2.55. The van der Waals surface area contributed by atoms with Gasteiger partial charge in [0.1, 0.15) is 18.1 Å². The number of nitrogens with one attached hydrogen (secondary N) is 2. The molecule has 2 fully saturated rings. The lowest BCUT2D eigenvalue weighted by molar-refractivity contribution is -0.0570. The van der Waals surface area contributed by atoms with Crippen LogP contribution in [0.4, 0.5) is 0 Å². The quantitative estimate of drug-likeness (QED) is 0.386. The van der Waals surface area contributed by atoms with Crippen LogP contribution >= 0.6 is 0 Å². The van der Waals surface area contributed by atoms with Gasteiger partial charge in [0.25, 0.3) is 0 Å². The molecule has 3 heterocycles. The summed E-state index contributed by atoms with van der Waals surface area (Å²) < 4.78 is 1.96. The summed E-state index contributed by atoms with van der Waals surface area (Å²) in [5, 5.41) is 28.9. The molecule has 1 saturated heterocycles. The molecular weight excluding hydrogens is 438 g/mol. The number of nitrogens with zero attached hydrogens (tertiary/aromatic N) is 3. The molecule has 1 saturated carbocycles. The number of aromatic nitrogens is 2. The van der Waals surface area contributed by atoms with Gasteiger partial charge < -0.3 is 15.5 Å². The molecule has 0 radical (unpaired) electrons. The highest BCUT2D eigenvalue weighted by Gasteiger charge is 2.48. The molecule has 196 valence electrons. The van der Waals surface area contributed by atoms with E-state index in [1.807, 2.05) is 28.8 Å². The van der Waals surface area contributed by atoms with Crippen molar-refractivity contribution in [3.8, 4) is 0 Å². The van der Waals surface area contributed by atoms with E-state index >= 15 is 0 Å². The van der Waals surface area contributed by atoms with Crippen LogP contribution in [0, 0.1) is 29.1 Å². The van der Waals surface area contributed by atoms with E-state index in [2.05, 4.69) is 57.1 Å². The van der Waals surface area contributed by atoms with Crippen LogP contribution in [-0.2, 0) is 6.42 Å². The number of aliphatic hydroxyl groups is 2. The molecule has 7 nitrogen and oxygen atoms in total. The highest BCUT2D eigenvalue weighted by atomic mass is 16.3. The van der Waals surface area contributed by atoms with E-state index in [-0.39, 0.29) is 0 Å². The van der Waals surface area contributed by atoms with Crippen LogP contribution in [0.5, 0.6) is 0 Å². The molecule has 7 heteroatoms. The first-order valence-electron chi connectivity index (χ1n) is 13.7. The van der Waals surface area contributed by atoms with Gasteiger partial charge in [-0.2, -0.15) is 0 Å². The van der Waals surface area contributed by atoms with Crippen molar-refractivity contribution in [2.45, 2.75) is 79.3 Å². The van der Waals surface area contributed by atoms with Crippen LogP contribution in [0.1, 0.15) is 72.0 Å². The topological polar surface area (TPSA) is 85.1 Å². The van der Waals surface area contributed by atoms with Crippen LogP contribution in [0.15, 0.2) is 24.4 Å². The summed E-state index contributed by atoms with van der Waals surface area (Å²) in [5.74, 6) is 2.46. The molecule has 1 aliphatic heterocycles. The summed E-state index contributed by atoms with van der Waals surface area (Å²) in [5.41, 5.74) is 2.79. The Hall–Kier alpha value is -1.51. The van der Waals surface area contributed by atoms with Crippen LogP contribution in [0.3, 0.4) is 0 Å². The minimum atomic E-state index is -0.767. The monoisotopic (exact) mass is 485 g/mol. The Bertz CT molecular complexity index is 973. The van der Waals surface area contributed by atoms with Gasteiger partial charge in [-0.1, -0.05) is 54.0 Å². The largest absolute Gasteiger partial charge is 0.378 e. The van der Waals surface area contributed by atoms with Gasteiger partial charge in [-0.25, -0.2) is 4.98 Å². The van der Waals surface area contributed by atoms with Crippen molar-refractivity contribution < 1.29 is 10.2 Å². The lowest BCUT2D eigenvalue weighted by Gasteiger charge is -2.55. The summed E-state index contributed by atoms with van der Waals surface area (Å²) in [7, 11) is 0. The summed E-state index contributed by atoms with van der Waals surface area (Å²) in [4.78, 5) is 6.97. The third kappa shape index (κ3) is 5.44. The molecule has 0 amide bonds. The third-order valence-corrected chi connectivity index (χ3v) is 9.08. The molecule has 6 atom stereocenters. The Labute approximate surface area is 211 Å². The molecule has 2 aromatic rings. The van der Waals surface area contributed by atoms with E-state index in [1.165, 1.54) is 12.8 Å². The summed E-state index contributed by atoms with van der Waals surface area (Å²) in [6.45, 7) is 17.2. The Morgan fingerprint density at radius 3 is 2.69 bits per heavy atom. The number of imidazole rings is 1. The molecular formula is C28H47N5O2. The number of aliphatic hydroxyl groups excluding tert-OH is 2. The Morgan fingerprint density at radius 1 is 1.23 bits per heavy atom. The number of pyridine rings is 1. The van der Waals surface area contributed by atoms with Gasteiger partial charge in [-0.15, -0.1) is 0 Å². The van der Waals surface area contributed by atoms with Gasteiger partial charge >= 0.3 is 0 Å². The van der Waals surface area contributed by atoms with Crippen molar-refractivity contribution in [3.63, 3.8) is 0 Å². The number of fused-ring (bicyclic) bond motifs is 1. The fourth-order valence-electron chi connectivity index (χ4n) is 6.70. The smallest absolute Gasteiger partial charge is 0.146 e. The SMILES string of the molecule is CC[C@@H]1C[C@H]([C@@H](C)CNC(O)c2cccc3nc(CC(O)N4CCNC[C@@H]4C(C)C)cn23)C1(C)C. The fourth-order valence-corrected chi connectivity index (χ4v) is 6.70. The summed E-state index contributed by atoms with van der Waals surface area (Å²) in [6, 6.07) is 6.16. The van der Waals surface area contributed by atoms with Gasteiger partial charge in [0.2, 0.25) is 0 Å². The van der Waals surface area contributed by atoms with E-state index in [4.69, 9.17) is 4.98 Å². The minimum absolute atomic E-state index is 0.313. The lowest BCUT2D eigenvalue weighted by atomic mass is 9.51. The predicted octanol–water partition coefficient (Wildman–Crippen LogP) is 3.41. The molecule has 0 aromatic carbocycles. The normalized spacial score (nSPS) is 27.6. The van der Waals surface area contributed by atoms with Gasteiger partial charge in [-0.3, -0.25) is 14.6 Å². The first-order chi connectivity index (χ1) is 16.6. The van der Waals surface area contributed by atoms with E-state index in [9.17, 15) is 10.2 Å². The lowest BCUT2D eigenvalue weighted by Crippen LogP contribution is -2.57. The molecule has 2 unspecified atom stereocenters. The summed E-state index contributed by atoms with van der Waals surface area (Å²) >= 11 is 0. The maximum atomic E-state index is 11.0. The number of piperazine rings is 1. The predicted molar refractivity (Wildman–Crippen MR) is 141 cm³/mol. The maximum absolute atomic E-state index is 11.0. The zero-order valence-electron chi connectivity index (χ0n) is 22.5. The van der Waals surface area contributed by atoms with Gasteiger partial charge in [0.05, 0.1) is 11.4 Å². The van der Waals surface area contributed by atoms with Crippen molar-refractivity contribution in [1.29, 1.82) is 0 Å². The zero-order chi connectivity index (χ0) is 25.3. The van der Waals surface area contributed by atoms with Crippen molar-refractivity contribution in [1.82, 2.24) is 24.9 Å². The van der Waals surface area contributed by atoms with E-state index in [0.717, 1.165) is 49.1 Å². The second-order valence-corrected chi connectivity index (χ2v) is 11.9. The van der Waals surface area contributed by atoms with Crippen molar-refractivity contribution in [3.05, 3.63) is 35.8 Å². The van der Waals surface area contributed by atoms with Crippen molar-refractivity contribution >= 4 is 5.65 Å². The Morgan fingerprint density at radius 2 is 2.00 bits per heavy atom. The molecule has 0 spiro atoms.